The third-order valence-corrected chi connectivity index (χ3v) is 11.1. The van der Waals surface area contributed by atoms with Crippen LogP contribution in [0.5, 0.6) is 11.5 Å². The zero-order valence-corrected chi connectivity index (χ0v) is 32.5. The molecule has 6 nitrogen and oxygen atoms in total. The first-order valence-corrected chi connectivity index (χ1v) is 19.4. The summed E-state index contributed by atoms with van der Waals surface area (Å²) in [6.07, 6.45) is 3.79. The second-order valence-corrected chi connectivity index (χ2v) is 15.8. The number of rotatable bonds is 7. The van der Waals surface area contributed by atoms with Crippen LogP contribution in [-0.2, 0) is 10.2 Å². The molecule has 0 N–H and O–H groups in total. The number of hydrogen-bond donors (Lipinski definition) is 0. The van der Waals surface area contributed by atoms with Crippen molar-refractivity contribution >= 4 is 33.2 Å². The smallest absolute Gasteiger partial charge is 0.225 e. The first-order chi connectivity index (χ1) is 27.8. The monoisotopic (exact) mass is 742 g/mol. The summed E-state index contributed by atoms with van der Waals surface area (Å²) < 4.78 is 15.4. The predicted molar refractivity (Wildman–Crippen MR) is 232 cm³/mol. The van der Waals surface area contributed by atoms with Crippen LogP contribution in [-0.4, -0.2) is 33.1 Å². The third kappa shape index (κ3) is 6.01. The van der Waals surface area contributed by atoms with Crippen molar-refractivity contribution in [2.45, 2.75) is 26.2 Å². The van der Waals surface area contributed by atoms with Crippen LogP contribution in [0.4, 0.5) is 0 Å². The highest BCUT2D eigenvalue weighted by molar-refractivity contribution is 6.09. The molecule has 0 spiro atoms. The lowest BCUT2D eigenvalue weighted by molar-refractivity contribution is 0.278. The topological polar surface area (TPSA) is 42.8 Å². The standard InChI is InChI=1S/C51H42N4O2/c1-51(2,3)37-27-28-52-47(30-37)55-44-24-12-11-21-42(44)43-26-25-39(31-45(43)55)57-38-20-13-19-36(29-38)46-32-56-50-49(53(4)33-54(46)50)48-40(34-15-7-5-8-16-34)22-14-23-41(48)35-17-9-6-10-18-35/h5-32H,33H2,1-4H3. The van der Waals surface area contributed by atoms with Crippen molar-refractivity contribution in [3.8, 4) is 39.6 Å². The van der Waals surface area contributed by atoms with E-state index in [-0.39, 0.29) is 5.41 Å². The number of fused-ring (bicyclic) bond motifs is 4. The van der Waals surface area contributed by atoms with Crippen LogP contribution in [0.3, 0.4) is 0 Å². The van der Waals surface area contributed by atoms with Crippen LogP contribution in [0.25, 0.3) is 61.3 Å². The third-order valence-electron chi connectivity index (χ3n) is 11.1. The Hall–Kier alpha value is -7.05. The molecule has 0 radical (unpaired) electrons. The van der Waals surface area contributed by atoms with E-state index in [1.165, 1.54) is 10.9 Å². The summed E-state index contributed by atoms with van der Waals surface area (Å²) in [6, 6.07) is 55.2. The van der Waals surface area contributed by atoms with Gasteiger partial charge in [-0.15, -0.1) is 0 Å². The summed E-state index contributed by atoms with van der Waals surface area (Å²) in [5.41, 5.74) is 12.2. The molecule has 0 bridgehead atoms. The summed E-state index contributed by atoms with van der Waals surface area (Å²) in [5, 5.41) is 2.33. The molecule has 4 heterocycles. The maximum absolute atomic E-state index is 6.66. The normalized spacial score (nSPS) is 14.0. The van der Waals surface area contributed by atoms with Crippen molar-refractivity contribution in [1.29, 1.82) is 0 Å². The number of aromatic nitrogens is 2. The van der Waals surface area contributed by atoms with Crippen LogP contribution < -0.4 is 4.74 Å². The van der Waals surface area contributed by atoms with Crippen molar-refractivity contribution in [3.05, 3.63) is 193 Å². The van der Waals surface area contributed by atoms with Gasteiger partial charge in [0.1, 0.15) is 29.3 Å². The largest absolute Gasteiger partial charge is 0.457 e. The minimum Gasteiger partial charge on any atom is -0.457 e. The highest BCUT2D eigenvalue weighted by Gasteiger charge is 2.38. The molecule has 6 heteroatoms. The maximum atomic E-state index is 6.66. The quantitative estimate of drug-likeness (QED) is 0.163. The Labute approximate surface area is 333 Å². The van der Waals surface area contributed by atoms with Crippen molar-refractivity contribution in [3.63, 3.8) is 0 Å². The lowest BCUT2D eigenvalue weighted by Crippen LogP contribution is -2.22. The lowest BCUT2D eigenvalue weighted by atomic mass is 9.88. The molecular weight excluding hydrogens is 701 g/mol. The molecule has 0 fully saturated rings. The Morgan fingerprint density at radius 1 is 0.614 bits per heavy atom. The van der Waals surface area contributed by atoms with Crippen molar-refractivity contribution in [2.75, 3.05) is 13.7 Å². The van der Waals surface area contributed by atoms with Crippen LogP contribution in [0, 0.1) is 0 Å². The van der Waals surface area contributed by atoms with Gasteiger partial charge in [0, 0.05) is 41.2 Å². The Kier molecular flexibility index (Phi) is 8.22. The minimum atomic E-state index is -0.00407. The predicted octanol–water partition coefficient (Wildman–Crippen LogP) is 12.5. The van der Waals surface area contributed by atoms with E-state index in [1.54, 1.807) is 0 Å². The number of hydrogen-bond acceptors (Lipinski definition) is 5. The van der Waals surface area contributed by atoms with E-state index in [1.807, 2.05) is 24.6 Å². The summed E-state index contributed by atoms with van der Waals surface area (Å²) in [6.45, 7) is 7.34. The molecule has 2 aromatic heterocycles. The van der Waals surface area contributed by atoms with E-state index in [0.29, 0.717) is 6.67 Å². The first kappa shape index (κ1) is 34.4. The molecule has 0 amide bonds. The van der Waals surface area contributed by atoms with Gasteiger partial charge in [-0.1, -0.05) is 130 Å². The van der Waals surface area contributed by atoms with Crippen molar-refractivity contribution in [1.82, 2.24) is 19.4 Å². The molecule has 10 rings (SSSR count). The van der Waals surface area contributed by atoms with Gasteiger partial charge in [0.2, 0.25) is 5.88 Å². The zero-order chi connectivity index (χ0) is 38.7. The number of pyridine rings is 1. The van der Waals surface area contributed by atoms with Gasteiger partial charge in [-0.25, -0.2) is 4.98 Å². The van der Waals surface area contributed by atoms with Crippen molar-refractivity contribution in [2.24, 2.45) is 0 Å². The van der Waals surface area contributed by atoms with Crippen LogP contribution >= 0.6 is 0 Å². The molecule has 2 aliphatic rings. The molecule has 0 aliphatic carbocycles. The number of benzene rings is 6. The molecule has 0 unspecified atom stereocenters. The van der Waals surface area contributed by atoms with E-state index in [4.69, 9.17) is 14.5 Å². The number of ether oxygens (including phenoxy) is 2. The fourth-order valence-electron chi connectivity index (χ4n) is 8.29. The second kappa shape index (κ2) is 13.6. The van der Waals surface area contributed by atoms with Gasteiger partial charge in [0.05, 0.1) is 23.4 Å². The van der Waals surface area contributed by atoms with Gasteiger partial charge in [-0.2, -0.15) is 0 Å². The fourth-order valence-corrected chi connectivity index (χ4v) is 8.29. The Morgan fingerprint density at radius 3 is 2.00 bits per heavy atom. The van der Waals surface area contributed by atoms with Gasteiger partial charge < -0.3 is 14.4 Å². The van der Waals surface area contributed by atoms with Crippen molar-refractivity contribution < 1.29 is 9.47 Å². The van der Waals surface area contributed by atoms with Gasteiger partial charge in [-0.3, -0.25) is 9.47 Å². The summed E-state index contributed by atoms with van der Waals surface area (Å²) in [5.74, 6) is 3.21. The van der Waals surface area contributed by atoms with Crippen LogP contribution in [0.2, 0.25) is 0 Å². The van der Waals surface area contributed by atoms with Crippen LogP contribution in [0.15, 0.2) is 176 Å². The molecule has 0 saturated heterocycles. The molecule has 0 saturated carbocycles. The zero-order valence-electron chi connectivity index (χ0n) is 32.5. The highest BCUT2D eigenvalue weighted by Crippen LogP contribution is 2.47. The first-order valence-electron chi connectivity index (χ1n) is 19.4. The van der Waals surface area contributed by atoms with Gasteiger partial charge in [0.15, 0.2) is 0 Å². The van der Waals surface area contributed by atoms with E-state index in [9.17, 15) is 0 Å². The van der Waals surface area contributed by atoms with E-state index >= 15 is 0 Å². The van der Waals surface area contributed by atoms with Gasteiger partial charge >= 0.3 is 0 Å². The molecular formula is C51H42N4O2. The molecule has 0 atom stereocenters. The second-order valence-electron chi connectivity index (χ2n) is 15.8. The molecule has 2 aliphatic heterocycles. The summed E-state index contributed by atoms with van der Waals surface area (Å²) in [4.78, 5) is 9.40. The molecule has 57 heavy (non-hydrogen) atoms. The summed E-state index contributed by atoms with van der Waals surface area (Å²) >= 11 is 0. The van der Waals surface area contributed by atoms with Crippen LogP contribution in [0.1, 0.15) is 37.5 Å². The number of nitrogens with zero attached hydrogens (tertiary/aromatic N) is 4. The molecule has 278 valence electrons. The Bertz CT molecular complexity index is 2830. The SMILES string of the molecule is CN1CN2C(c3cccc(Oc4ccc5c6ccccc6n(-c6cc(C(C)(C)C)ccn6)c5c4)c3)=COC2=C1c1c(-c2ccccc2)cccc1-c1ccccc1. The lowest BCUT2D eigenvalue weighted by Gasteiger charge is -2.22. The Balaban J connectivity index is 1.01. The minimum absolute atomic E-state index is 0.00407. The van der Waals surface area contributed by atoms with E-state index in [0.717, 1.165) is 84.4 Å². The average Bonchev–Trinajstić information content (AvgIpc) is 3.90. The highest BCUT2D eigenvalue weighted by atomic mass is 16.5. The maximum Gasteiger partial charge on any atom is 0.225 e. The molecule has 6 aromatic carbocycles. The average molecular weight is 743 g/mol. The number of para-hydroxylation sites is 1. The van der Waals surface area contributed by atoms with Gasteiger partial charge in [-0.05, 0) is 75.7 Å². The Morgan fingerprint density at radius 2 is 1.26 bits per heavy atom. The van der Waals surface area contributed by atoms with Gasteiger partial charge in [0.25, 0.3) is 0 Å². The summed E-state index contributed by atoms with van der Waals surface area (Å²) in [7, 11) is 2.14. The fraction of sp³-hybridized carbons (Fsp3) is 0.118. The van der Waals surface area contributed by atoms with E-state index < -0.39 is 0 Å². The molecule has 8 aromatic rings. The van der Waals surface area contributed by atoms with E-state index in [2.05, 4.69) is 188 Å².